The monoisotopic (exact) mass is 281 g/mol. The van der Waals surface area contributed by atoms with E-state index in [0.29, 0.717) is 17.1 Å². The van der Waals surface area contributed by atoms with Crippen molar-refractivity contribution in [3.63, 3.8) is 0 Å². The van der Waals surface area contributed by atoms with Crippen molar-refractivity contribution in [2.75, 3.05) is 13.2 Å². The van der Waals surface area contributed by atoms with Gasteiger partial charge in [0.1, 0.15) is 0 Å². The zero-order chi connectivity index (χ0) is 13.9. The van der Waals surface area contributed by atoms with Gasteiger partial charge in [0.25, 0.3) is 5.91 Å². The number of aliphatic hydroxyl groups is 1. The van der Waals surface area contributed by atoms with Crippen molar-refractivity contribution in [1.82, 2.24) is 5.32 Å². The fraction of sp³-hybridized carbons (Fsp3) is 0.533. The van der Waals surface area contributed by atoms with Gasteiger partial charge in [-0.1, -0.05) is 30.5 Å². The fourth-order valence-corrected chi connectivity index (χ4v) is 2.89. The normalized spacial score (nSPS) is 17.4. The van der Waals surface area contributed by atoms with E-state index in [2.05, 4.69) is 5.32 Å². The lowest BCUT2D eigenvalue weighted by atomic mass is 9.87. The molecule has 1 amide bonds. The highest BCUT2D eigenvalue weighted by Crippen LogP contribution is 2.36. The van der Waals surface area contributed by atoms with Crippen LogP contribution in [0.25, 0.3) is 0 Å². The van der Waals surface area contributed by atoms with E-state index in [4.69, 9.17) is 11.6 Å². The lowest BCUT2D eigenvalue weighted by Gasteiger charge is -2.26. The van der Waals surface area contributed by atoms with Gasteiger partial charge in [-0.15, -0.1) is 0 Å². The molecule has 0 heterocycles. The highest BCUT2D eigenvalue weighted by molar-refractivity contribution is 6.31. The summed E-state index contributed by atoms with van der Waals surface area (Å²) in [6.45, 7) is 2.57. The molecule has 3 nitrogen and oxygen atoms in total. The average Bonchev–Trinajstić information content (AvgIpc) is 2.88. The van der Waals surface area contributed by atoms with Crippen LogP contribution in [-0.4, -0.2) is 24.2 Å². The van der Waals surface area contributed by atoms with E-state index < -0.39 is 0 Å². The molecule has 1 saturated carbocycles. The van der Waals surface area contributed by atoms with Crippen LogP contribution < -0.4 is 5.32 Å². The van der Waals surface area contributed by atoms with Crippen LogP contribution in [0, 0.1) is 12.3 Å². The summed E-state index contributed by atoms with van der Waals surface area (Å²) >= 11 is 5.92. The molecule has 1 aliphatic rings. The molecular formula is C15H20ClNO2. The molecule has 1 aliphatic carbocycles. The van der Waals surface area contributed by atoms with Gasteiger partial charge in [-0.3, -0.25) is 4.79 Å². The maximum atomic E-state index is 12.2. The number of nitrogens with one attached hydrogen (secondary N) is 1. The van der Waals surface area contributed by atoms with Gasteiger partial charge in [0, 0.05) is 22.5 Å². The largest absolute Gasteiger partial charge is 0.396 e. The van der Waals surface area contributed by atoms with Crippen LogP contribution in [0.4, 0.5) is 0 Å². The number of rotatable bonds is 4. The first-order chi connectivity index (χ1) is 9.06. The highest BCUT2D eigenvalue weighted by Gasteiger charge is 2.33. The minimum atomic E-state index is -0.123. The van der Waals surface area contributed by atoms with Crippen LogP contribution in [0.5, 0.6) is 0 Å². The third kappa shape index (κ3) is 3.28. The molecule has 0 bridgehead atoms. The van der Waals surface area contributed by atoms with E-state index in [-0.39, 0.29) is 17.9 Å². The molecule has 0 radical (unpaired) electrons. The summed E-state index contributed by atoms with van der Waals surface area (Å²) < 4.78 is 0. The molecule has 0 saturated heterocycles. The summed E-state index contributed by atoms with van der Waals surface area (Å²) in [5.74, 6) is -0.111. The molecule has 0 aromatic heterocycles. The molecule has 19 heavy (non-hydrogen) atoms. The van der Waals surface area contributed by atoms with Gasteiger partial charge in [0.15, 0.2) is 0 Å². The van der Waals surface area contributed by atoms with E-state index >= 15 is 0 Å². The molecule has 2 N–H and O–H groups in total. The third-order valence-electron chi connectivity index (χ3n) is 4.07. The van der Waals surface area contributed by atoms with Crippen molar-refractivity contribution < 1.29 is 9.90 Å². The van der Waals surface area contributed by atoms with E-state index in [1.807, 2.05) is 13.0 Å². The summed E-state index contributed by atoms with van der Waals surface area (Å²) in [5.41, 5.74) is 1.40. The van der Waals surface area contributed by atoms with E-state index in [0.717, 1.165) is 31.2 Å². The van der Waals surface area contributed by atoms with Gasteiger partial charge in [-0.05, 0) is 37.5 Å². The number of benzene rings is 1. The summed E-state index contributed by atoms with van der Waals surface area (Å²) in [5, 5.41) is 13.0. The maximum Gasteiger partial charge on any atom is 0.251 e. The van der Waals surface area contributed by atoms with Crippen LogP contribution in [0.15, 0.2) is 18.2 Å². The van der Waals surface area contributed by atoms with Crippen molar-refractivity contribution in [2.24, 2.45) is 5.41 Å². The van der Waals surface area contributed by atoms with Crippen LogP contribution in [-0.2, 0) is 0 Å². The minimum Gasteiger partial charge on any atom is -0.396 e. The molecule has 1 aromatic carbocycles. The molecule has 2 rings (SSSR count). The topological polar surface area (TPSA) is 49.3 Å². The van der Waals surface area contributed by atoms with Crippen molar-refractivity contribution in [2.45, 2.75) is 32.6 Å². The quantitative estimate of drug-likeness (QED) is 0.891. The summed E-state index contributed by atoms with van der Waals surface area (Å²) in [6, 6.07) is 5.31. The first-order valence-electron chi connectivity index (χ1n) is 6.72. The van der Waals surface area contributed by atoms with Gasteiger partial charge in [-0.2, -0.15) is 0 Å². The summed E-state index contributed by atoms with van der Waals surface area (Å²) in [4.78, 5) is 12.2. The zero-order valence-corrected chi connectivity index (χ0v) is 12.0. The number of aryl methyl sites for hydroxylation is 1. The Hall–Kier alpha value is -1.06. The molecule has 0 spiro atoms. The number of hydrogen-bond donors (Lipinski definition) is 2. The van der Waals surface area contributed by atoms with Gasteiger partial charge in [0.2, 0.25) is 0 Å². The second-order valence-electron chi connectivity index (χ2n) is 5.51. The molecule has 104 valence electrons. The summed E-state index contributed by atoms with van der Waals surface area (Å²) in [7, 11) is 0. The Bertz CT molecular complexity index is 467. The van der Waals surface area contributed by atoms with Crippen LogP contribution in [0.1, 0.15) is 41.6 Å². The van der Waals surface area contributed by atoms with Crippen LogP contribution >= 0.6 is 11.6 Å². The Labute approximate surface area is 119 Å². The SMILES string of the molecule is Cc1ccc(Cl)cc1C(=O)NCC1(CO)CCCC1. The first kappa shape index (κ1) is 14.4. The van der Waals surface area contributed by atoms with E-state index in [9.17, 15) is 9.90 Å². The Morgan fingerprint density at radius 1 is 1.42 bits per heavy atom. The lowest BCUT2D eigenvalue weighted by molar-refractivity contribution is 0.0880. The lowest BCUT2D eigenvalue weighted by Crippen LogP contribution is -2.38. The van der Waals surface area contributed by atoms with Crippen LogP contribution in [0.2, 0.25) is 5.02 Å². The predicted octanol–water partition coefficient (Wildman–Crippen LogP) is 2.93. The number of carbonyl (C=O) groups excluding carboxylic acids is 1. The number of amides is 1. The second-order valence-corrected chi connectivity index (χ2v) is 5.94. The minimum absolute atomic E-state index is 0.111. The van der Waals surface area contributed by atoms with Crippen molar-refractivity contribution in [3.05, 3.63) is 34.3 Å². The Morgan fingerprint density at radius 2 is 2.11 bits per heavy atom. The standard InChI is InChI=1S/C15H20ClNO2/c1-11-4-5-12(16)8-13(11)14(19)17-9-15(10-18)6-2-3-7-15/h4-5,8,18H,2-3,6-7,9-10H2,1H3,(H,17,19). The molecule has 1 aromatic rings. The van der Waals surface area contributed by atoms with Crippen molar-refractivity contribution >= 4 is 17.5 Å². The first-order valence-corrected chi connectivity index (χ1v) is 7.09. The molecular weight excluding hydrogens is 262 g/mol. The average molecular weight is 282 g/mol. The molecule has 1 fully saturated rings. The molecule has 0 unspecified atom stereocenters. The Kier molecular flexibility index (Phi) is 4.48. The Balaban J connectivity index is 2.03. The van der Waals surface area contributed by atoms with Gasteiger partial charge in [0.05, 0.1) is 6.61 Å². The smallest absolute Gasteiger partial charge is 0.251 e. The highest BCUT2D eigenvalue weighted by atomic mass is 35.5. The van der Waals surface area contributed by atoms with Crippen LogP contribution in [0.3, 0.4) is 0 Å². The maximum absolute atomic E-state index is 12.2. The van der Waals surface area contributed by atoms with Crippen molar-refractivity contribution in [1.29, 1.82) is 0 Å². The molecule has 0 atom stereocenters. The Morgan fingerprint density at radius 3 is 2.74 bits per heavy atom. The fourth-order valence-electron chi connectivity index (χ4n) is 2.72. The molecule has 0 aliphatic heterocycles. The second kappa shape index (κ2) is 5.93. The summed E-state index contributed by atoms with van der Waals surface area (Å²) in [6.07, 6.45) is 4.23. The number of halogens is 1. The van der Waals surface area contributed by atoms with Gasteiger partial charge < -0.3 is 10.4 Å². The van der Waals surface area contributed by atoms with E-state index in [1.54, 1.807) is 12.1 Å². The third-order valence-corrected chi connectivity index (χ3v) is 4.30. The van der Waals surface area contributed by atoms with Crippen molar-refractivity contribution in [3.8, 4) is 0 Å². The number of hydrogen-bond acceptors (Lipinski definition) is 2. The number of carbonyl (C=O) groups is 1. The molecule has 4 heteroatoms. The predicted molar refractivity (Wildman–Crippen MR) is 76.5 cm³/mol. The zero-order valence-electron chi connectivity index (χ0n) is 11.2. The van der Waals surface area contributed by atoms with E-state index in [1.165, 1.54) is 0 Å². The number of aliphatic hydroxyl groups excluding tert-OH is 1. The van der Waals surface area contributed by atoms with Gasteiger partial charge >= 0.3 is 0 Å². The van der Waals surface area contributed by atoms with Gasteiger partial charge in [-0.25, -0.2) is 0 Å².